The molecule has 1 unspecified atom stereocenters. The van der Waals surface area contributed by atoms with Gasteiger partial charge in [0.05, 0.1) is 26.9 Å². The minimum Gasteiger partial charge on any atom is -0.493 e. The fourth-order valence-electron chi connectivity index (χ4n) is 1.71. The first kappa shape index (κ1) is 16.3. The van der Waals surface area contributed by atoms with Crippen LogP contribution in [0, 0.1) is 0 Å². The van der Waals surface area contributed by atoms with Crippen molar-refractivity contribution in [1.29, 1.82) is 0 Å². The molecule has 1 aromatic rings. The Balaban J connectivity index is 2.55. The fourth-order valence-corrected chi connectivity index (χ4v) is 1.71. The van der Waals surface area contributed by atoms with Gasteiger partial charge in [-0.2, -0.15) is 0 Å². The Kier molecular flexibility index (Phi) is 6.83. The van der Waals surface area contributed by atoms with Gasteiger partial charge >= 0.3 is 0 Å². The van der Waals surface area contributed by atoms with Crippen molar-refractivity contribution >= 4 is 5.91 Å². The summed E-state index contributed by atoms with van der Waals surface area (Å²) in [5.41, 5.74) is 0.476. The molecule has 0 radical (unpaired) electrons. The minimum atomic E-state index is -0.578. The van der Waals surface area contributed by atoms with E-state index in [0.29, 0.717) is 30.0 Å². The highest BCUT2D eigenvalue weighted by molar-refractivity contribution is 5.94. The van der Waals surface area contributed by atoms with Gasteiger partial charge in [0.15, 0.2) is 11.5 Å². The van der Waals surface area contributed by atoms with Crippen LogP contribution in [0.2, 0.25) is 0 Å². The summed E-state index contributed by atoms with van der Waals surface area (Å²) in [6.07, 6.45) is -0.141. The van der Waals surface area contributed by atoms with Gasteiger partial charge in [0.25, 0.3) is 5.91 Å². The van der Waals surface area contributed by atoms with Crippen LogP contribution in [0.15, 0.2) is 18.2 Å². The highest BCUT2D eigenvalue weighted by atomic mass is 16.5. The largest absolute Gasteiger partial charge is 0.493 e. The summed E-state index contributed by atoms with van der Waals surface area (Å²) >= 11 is 0. The highest BCUT2D eigenvalue weighted by Crippen LogP contribution is 2.27. The topological polar surface area (TPSA) is 77.0 Å². The number of benzene rings is 1. The van der Waals surface area contributed by atoms with Crippen molar-refractivity contribution in [3.05, 3.63) is 23.8 Å². The first-order chi connectivity index (χ1) is 9.62. The second kappa shape index (κ2) is 8.39. The predicted molar refractivity (Wildman–Crippen MR) is 74.4 cm³/mol. The second-order valence-electron chi connectivity index (χ2n) is 4.22. The number of hydrogen-bond acceptors (Lipinski definition) is 5. The zero-order valence-electron chi connectivity index (χ0n) is 12.0. The van der Waals surface area contributed by atoms with Crippen LogP contribution in [0.25, 0.3) is 0 Å². The zero-order valence-corrected chi connectivity index (χ0v) is 12.0. The number of rotatable bonds is 8. The van der Waals surface area contributed by atoms with Crippen LogP contribution in [0.1, 0.15) is 16.8 Å². The van der Waals surface area contributed by atoms with Crippen molar-refractivity contribution in [1.82, 2.24) is 5.32 Å². The number of ether oxygens (including phenoxy) is 3. The van der Waals surface area contributed by atoms with Crippen LogP contribution >= 0.6 is 0 Å². The van der Waals surface area contributed by atoms with E-state index in [1.807, 2.05) is 0 Å². The van der Waals surface area contributed by atoms with E-state index >= 15 is 0 Å². The summed E-state index contributed by atoms with van der Waals surface area (Å²) in [6.45, 7) is 0.629. The molecule has 0 aliphatic heterocycles. The number of aliphatic hydroxyl groups is 1. The molecule has 6 heteroatoms. The molecule has 0 saturated carbocycles. The van der Waals surface area contributed by atoms with E-state index < -0.39 is 6.10 Å². The predicted octanol–water partition coefficient (Wildman–Crippen LogP) is 0.831. The quantitative estimate of drug-likeness (QED) is 0.739. The molecule has 0 heterocycles. The van der Waals surface area contributed by atoms with Gasteiger partial charge < -0.3 is 24.6 Å². The average Bonchev–Trinajstić information content (AvgIpc) is 2.46. The monoisotopic (exact) mass is 283 g/mol. The Morgan fingerprint density at radius 2 is 1.95 bits per heavy atom. The van der Waals surface area contributed by atoms with E-state index in [-0.39, 0.29) is 12.5 Å². The van der Waals surface area contributed by atoms with Crippen LogP contribution in [-0.4, -0.2) is 51.6 Å². The summed E-state index contributed by atoms with van der Waals surface area (Å²) in [7, 11) is 4.57. The summed E-state index contributed by atoms with van der Waals surface area (Å²) < 4.78 is 15.1. The van der Waals surface area contributed by atoms with Gasteiger partial charge in [-0.1, -0.05) is 0 Å². The lowest BCUT2D eigenvalue weighted by atomic mass is 10.2. The third kappa shape index (κ3) is 4.71. The number of carbonyl (C=O) groups excluding carboxylic acids is 1. The molecule has 0 bridgehead atoms. The van der Waals surface area contributed by atoms with E-state index in [0.717, 1.165) is 0 Å². The van der Waals surface area contributed by atoms with Crippen LogP contribution < -0.4 is 14.8 Å². The van der Waals surface area contributed by atoms with Crippen molar-refractivity contribution in [3.63, 3.8) is 0 Å². The third-order valence-corrected chi connectivity index (χ3v) is 2.77. The maximum Gasteiger partial charge on any atom is 0.251 e. The Hall–Kier alpha value is -1.79. The van der Waals surface area contributed by atoms with Crippen LogP contribution in [0.4, 0.5) is 0 Å². The Bertz CT molecular complexity index is 436. The van der Waals surface area contributed by atoms with Crippen LogP contribution in [0.3, 0.4) is 0 Å². The molecule has 0 spiro atoms. The zero-order chi connectivity index (χ0) is 15.0. The molecule has 1 atom stereocenters. The minimum absolute atomic E-state index is 0.226. The number of aliphatic hydroxyl groups excluding tert-OH is 1. The molecule has 6 nitrogen and oxygen atoms in total. The highest BCUT2D eigenvalue weighted by Gasteiger charge is 2.11. The fraction of sp³-hybridized carbons (Fsp3) is 0.500. The van der Waals surface area contributed by atoms with Gasteiger partial charge in [0.1, 0.15) is 0 Å². The lowest BCUT2D eigenvalue weighted by Crippen LogP contribution is -2.28. The first-order valence-electron chi connectivity index (χ1n) is 6.29. The molecule has 2 N–H and O–H groups in total. The summed E-state index contributed by atoms with van der Waals surface area (Å²) in [6, 6.07) is 4.94. The van der Waals surface area contributed by atoms with Gasteiger partial charge in [-0.15, -0.1) is 0 Å². The van der Waals surface area contributed by atoms with Gasteiger partial charge in [-0.05, 0) is 24.6 Å². The number of carbonyl (C=O) groups is 1. The SMILES string of the molecule is COCC(O)CCNC(=O)c1ccc(OC)c(OC)c1. The molecule has 0 saturated heterocycles. The average molecular weight is 283 g/mol. The van der Waals surface area contributed by atoms with Gasteiger partial charge in [0.2, 0.25) is 0 Å². The van der Waals surface area contributed by atoms with Crippen LogP contribution in [0.5, 0.6) is 11.5 Å². The van der Waals surface area contributed by atoms with Gasteiger partial charge in [-0.25, -0.2) is 0 Å². The second-order valence-corrected chi connectivity index (χ2v) is 4.22. The maximum atomic E-state index is 11.9. The lowest BCUT2D eigenvalue weighted by molar-refractivity contribution is 0.0587. The molecule has 1 aromatic carbocycles. The Morgan fingerprint density at radius 3 is 2.55 bits per heavy atom. The lowest BCUT2D eigenvalue weighted by Gasteiger charge is -2.11. The molecule has 20 heavy (non-hydrogen) atoms. The third-order valence-electron chi connectivity index (χ3n) is 2.77. The summed E-state index contributed by atoms with van der Waals surface area (Å²) in [5, 5.41) is 12.2. The molecule has 0 aliphatic rings. The molecule has 1 amide bonds. The molecule has 1 rings (SSSR count). The van der Waals surface area contributed by atoms with Crippen molar-refractivity contribution in [3.8, 4) is 11.5 Å². The maximum absolute atomic E-state index is 11.9. The number of nitrogens with one attached hydrogen (secondary N) is 1. The number of hydrogen-bond donors (Lipinski definition) is 2. The van der Waals surface area contributed by atoms with Crippen molar-refractivity contribution < 1.29 is 24.1 Å². The van der Waals surface area contributed by atoms with Gasteiger partial charge in [0, 0.05) is 19.2 Å². The number of methoxy groups -OCH3 is 3. The normalized spacial score (nSPS) is 11.8. The van der Waals surface area contributed by atoms with E-state index in [1.54, 1.807) is 18.2 Å². The standard InChI is InChI=1S/C14H21NO5/c1-18-9-11(16)6-7-15-14(17)10-4-5-12(19-2)13(8-10)20-3/h4-5,8,11,16H,6-7,9H2,1-3H3,(H,15,17). The van der Waals surface area contributed by atoms with E-state index in [4.69, 9.17) is 14.2 Å². The van der Waals surface area contributed by atoms with Crippen molar-refractivity contribution in [2.75, 3.05) is 34.5 Å². The Morgan fingerprint density at radius 1 is 1.25 bits per heavy atom. The van der Waals surface area contributed by atoms with E-state index in [1.165, 1.54) is 21.3 Å². The molecule has 112 valence electrons. The van der Waals surface area contributed by atoms with E-state index in [9.17, 15) is 9.90 Å². The molecule has 0 aliphatic carbocycles. The van der Waals surface area contributed by atoms with Crippen molar-refractivity contribution in [2.45, 2.75) is 12.5 Å². The number of amides is 1. The smallest absolute Gasteiger partial charge is 0.251 e. The van der Waals surface area contributed by atoms with Crippen molar-refractivity contribution in [2.24, 2.45) is 0 Å². The summed E-state index contributed by atoms with van der Waals surface area (Å²) in [4.78, 5) is 11.9. The molecular weight excluding hydrogens is 262 g/mol. The van der Waals surface area contributed by atoms with Gasteiger partial charge in [-0.3, -0.25) is 4.79 Å². The molecule has 0 aromatic heterocycles. The van der Waals surface area contributed by atoms with Crippen LogP contribution in [-0.2, 0) is 4.74 Å². The molecule has 0 fully saturated rings. The summed E-state index contributed by atoms with van der Waals surface area (Å²) in [5.74, 6) is 0.842. The first-order valence-corrected chi connectivity index (χ1v) is 6.29. The molecular formula is C14H21NO5. The Labute approximate surface area is 118 Å². The van der Waals surface area contributed by atoms with E-state index in [2.05, 4.69) is 5.32 Å².